The molecule has 7 heteroatoms. The summed E-state index contributed by atoms with van der Waals surface area (Å²) < 4.78 is 5.15. The highest BCUT2D eigenvalue weighted by Crippen LogP contribution is 2.20. The van der Waals surface area contributed by atoms with Crippen molar-refractivity contribution in [2.24, 2.45) is 0 Å². The molecule has 21 heavy (non-hydrogen) atoms. The minimum atomic E-state index is -1.26. The van der Waals surface area contributed by atoms with E-state index in [4.69, 9.17) is 4.74 Å². The van der Waals surface area contributed by atoms with E-state index >= 15 is 0 Å². The van der Waals surface area contributed by atoms with Gasteiger partial charge in [0.1, 0.15) is 0 Å². The number of amides is 2. The number of urea groups is 1. The van der Waals surface area contributed by atoms with Crippen molar-refractivity contribution in [2.75, 3.05) is 39.4 Å². The van der Waals surface area contributed by atoms with E-state index in [0.29, 0.717) is 32.2 Å². The van der Waals surface area contributed by atoms with Crippen LogP contribution in [0.1, 0.15) is 26.7 Å². The summed E-state index contributed by atoms with van der Waals surface area (Å²) in [4.78, 5) is 27.7. The minimum absolute atomic E-state index is 0.0426. The van der Waals surface area contributed by atoms with Crippen LogP contribution in [0.5, 0.6) is 0 Å². The summed E-state index contributed by atoms with van der Waals surface area (Å²) in [6.07, 6.45) is 1.41. The highest BCUT2D eigenvalue weighted by molar-refractivity contribution is 5.86. The van der Waals surface area contributed by atoms with Gasteiger partial charge in [0.2, 0.25) is 0 Å². The second kappa shape index (κ2) is 6.62. The summed E-state index contributed by atoms with van der Waals surface area (Å²) in [5.74, 6) is -1.02. The third-order valence-corrected chi connectivity index (χ3v) is 4.59. The highest BCUT2D eigenvalue weighted by atomic mass is 16.5. The van der Waals surface area contributed by atoms with E-state index in [0.717, 1.165) is 19.5 Å². The lowest BCUT2D eigenvalue weighted by atomic mass is 9.99. The van der Waals surface area contributed by atoms with Gasteiger partial charge in [0.05, 0.1) is 6.61 Å². The molecule has 7 nitrogen and oxygen atoms in total. The second-order valence-electron chi connectivity index (χ2n) is 5.90. The van der Waals surface area contributed by atoms with Crippen molar-refractivity contribution in [3.63, 3.8) is 0 Å². The Hall–Kier alpha value is -1.34. The molecule has 0 radical (unpaired) electrons. The van der Waals surface area contributed by atoms with Gasteiger partial charge >= 0.3 is 12.0 Å². The molecule has 0 aromatic rings. The van der Waals surface area contributed by atoms with Crippen LogP contribution in [0, 0.1) is 0 Å². The lowest BCUT2D eigenvalue weighted by Crippen LogP contribution is -2.61. The molecular formula is C14H25N3O4. The average Bonchev–Trinajstić information content (AvgIpc) is 2.96. The number of ether oxygens (including phenoxy) is 1. The number of hydrogen-bond donors (Lipinski definition) is 2. The summed E-state index contributed by atoms with van der Waals surface area (Å²) in [5, 5.41) is 12.0. The van der Waals surface area contributed by atoms with Crippen molar-refractivity contribution < 1.29 is 19.4 Å². The first-order valence-corrected chi connectivity index (χ1v) is 7.61. The molecule has 2 aliphatic rings. The molecule has 120 valence electrons. The quantitative estimate of drug-likeness (QED) is 0.783. The number of hydrogen-bond acceptors (Lipinski definition) is 4. The van der Waals surface area contributed by atoms with Crippen LogP contribution in [-0.2, 0) is 9.53 Å². The Morgan fingerprint density at radius 1 is 1.33 bits per heavy atom. The Bertz CT molecular complexity index is 388. The topological polar surface area (TPSA) is 82.1 Å². The van der Waals surface area contributed by atoms with Gasteiger partial charge in [-0.3, -0.25) is 4.90 Å². The number of carboxylic acid groups (broad SMARTS) is 1. The van der Waals surface area contributed by atoms with Crippen molar-refractivity contribution in [1.29, 1.82) is 0 Å². The number of rotatable bonds is 4. The van der Waals surface area contributed by atoms with E-state index in [9.17, 15) is 14.7 Å². The summed E-state index contributed by atoms with van der Waals surface area (Å²) >= 11 is 0. The van der Waals surface area contributed by atoms with E-state index in [1.165, 1.54) is 0 Å². The van der Waals surface area contributed by atoms with Crippen molar-refractivity contribution in [2.45, 2.75) is 38.3 Å². The van der Waals surface area contributed by atoms with Crippen molar-refractivity contribution in [3.8, 4) is 0 Å². The second-order valence-corrected chi connectivity index (χ2v) is 5.90. The highest BCUT2D eigenvalue weighted by Gasteiger charge is 2.44. The zero-order valence-electron chi connectivity index (χ0n) is 12.8. The maximum Gasteiger partial charge on any atom is 0.332 e. The van der Waals surface area contributed by atoms with E-state index < -0.39 is 11.5 Å². The summed E-state index contributed by atoms with van der Waals surface area (Å²) in [7, 11) is 0. The molecule has 2 N–H and O–H groups in total. The Morgan fingerprint density at radius 3 is 2.48 bits per heavy atom. The standard InChI is InChI=1S/C14H25N3O4/c1-3-11(2)16-5-7-17(8-6-16)13(20)15-14(12(18)19)4-9-21-10-14/h11H,3-10H2,1-2H3,(H,15,20)(H,18,19). The largest absolute Gasteiger partial charge is 0.479 e. The van der Waals surface area contributed by atoms with Gasteiger partial charge in [0, 0.05) is 45.2 Å². The van der Waals surface area contributed by atoms with Gasteiger partial charge in [0.15, 0.2) is 5.54 Å². The number of carbonyl (C=O) groups excluding carboxylic acids is 1. The smallest absolute Gasteiger partial charge is 0.332 e. The molecule has 0 bridgehead atoms. The van der Waals surface area contributed by atoms with E-state index in [1.807, 2.05) is 0 Å². The molecule has 2 atom stereocenters. The van der Waals surface area contributed by atoms with Crippen molar-refractivity contribution in [1.82, 2.24) is 15.1 Å². The molecule has 2 fully saturated rings. The fourth-order valence-electron chi connectivity index (χ4n) is 2.79. The zero-order valence-corrected chi connectivity index (χ0v) is 12.8. The predicted molar refractivity (Wildman–Crippen MR) is 77.2 cm³/mol. The van der Waals surface area contributed by atoms with Gasteiger partial charge in [0.25, 0.3) is 0 Å². The molecular weight excluding hydrogens is 274 g/mol. The van der Waals surface area contributed by atoms with Crippen LogP contribution in [0.4, 0.5) is 4.79 Å². The number of carboxylic acids is 1. The van der Waals surface area contributed by atoms with E-state index in [-0.39, 0.29) is 12.6 Å². The van der Waals surface area contributed by atoms with Crippen LogP contribution < -0.4 is 5.32 Å². The van der Waals surface area contributed by atoms with Crippen LogP contribution in [0.2, 0.25) is 0 Å². The molecule has 2 aliphatic heterocycles. The average molecular weight is 299 g/mol. The predicted octanol–water partition coefficient (Wildman–Crippen LogP) is 0.356. The number of carbonyl (C=O) groups is 2. The van der Waals surface area contributed by atoms with E-state index in [1.54, 1.807) is 4.90 Å². The first-order chi connectivity index (χ1) is 9.98. The first kappa shape index (κ1) is 16.0. The van der Waals surface area contributed by atoms with Crippen molar-refractivity contribution >= 4 is 12.0 Å². The number of nitrogens with one attached hydrogen (secondary N) is 1. The van der Waals surface area contributed by atoms with E-state index in [2.05, 4.69) is 24.1 Å². The third kappa shape index (κ3) is 3.47. The van der Waals surface area contributed by atoms with Gasteiger partial charge in [-0.2, -0.15) is 0 Å². The number of piperazine rings is 1. The summed E-state index contributed by atoms with van der Waals surface area (Å²) in [5.41, 5.74) is -1.26. The van der Waals surface area contributed by atoms with Gasteiger partial charge in [-0.1, -0.05) is 6.92 Å². The van der Waals surface area contributed by atoms with Crippen LogP contribution in [0.15, 0.2) is 0 Å². The SMILES string of the molecule is CCC(C)N1CCN(C(=O)NC2(C(=O)O)CCOC2)CC1. The molecule has 0 aromatic carbocycles. The van der Waals surface area contributed by atoms with Gasteiger partial charge in [-0.15, -0.1) is 0 Å². The molecule has 0 aromatic heterocycles. The monoisotopic (exact) mass is 299 g/mol. The van der Waals surface area contributed by atoms with Crippen LogP contribution in [-0.4, -0.2) is 77.9 Å². The Labute approximate surface area is 125 Å². The molecule has 0 spiro atoms. The Balaban J connectivity index is 1.89. The molecule has 0 saturated carbocycles. The molecule has 2 rings (SSSR count). The molecule has 2 heterocycles. The normalized spacial score (nSPS) is 28.4. The third-order valence-electron chi connectivity index (χ3n) is 4.59. The van der Waals surface area contributed by atoms with Gasteiger partial charge in [-0.25, -0.2) is 9.59 Å². The lowest BCUT2D eigenvalue weighted by Gasteiger charge is -2.38. The minimum Gasteiger partial charge on any atom is -0.479 e. The maximum atomic E-state index is 12.3. The molecule has 2 amide bonds. The number of nitrogens with zero attached hydrogens (tertiary/aromatic N) is 2. The fourth-order valence-corrected chi connectivity index (χ4v) is 2.79. The summed E-state index contributed by atoms with van der Waals surface area (Å²) in [6.45, 7) is 7.68. The maximum absolute atomic E-state index is 12.3. The number of aliphatic carboxylic acids is 1. The lowest BCUT2D eigenvalue weighted by molar-refractivity contribution is -0.144. The molecule has 0 aliphatic carbocycles. The molecule has 2 saturated heterocycles. The Morgan fingerprint density at radius 2 is 2.00 bits per heavy atom. The van der Waals surface area contributed by atoms with Crippen LogP contribution >= 0.6 is 0 Å². The first-order valence-electron chi connectivity index (χ1n) is 7.61. The molecule has 2 unspecified atom stereocenters. The Kier molecular flexibility index (Phi) is 5.05. The zero-order chi connectivity index (χ0) is 15.5. The van der Waals surface area contributed by atoms with Gasteiger partial charge < -0.3 is 20.1 Å². The van der Waals surface area contributed by atoms with Crippen molar-refractivity contribution in [3.05, 3.63) is 0 Å². The summed E-state index contributed by atoms with van der Waals surface area (Å²) in [6, 6.07) is 0.218. The van der Waals surface area contributed by atoms with Crippen LogP contribution in [0.3, 0.4) is 0 Å². The van der Waals surface area contributed by atoms with Crippen LogP contribution in [0.25, 0.3) is 0 Å². The van der Waals surface area contributed by atoms with Gasteiger partial charge in [-0.05, 0) is 13.3 Å². The fraction of sp³-hybridized carbons (Fsp3) is 0.857.